The zero-order valence-electron chi connectivity index (χ0n) is 8.44. The molecule has 1 aliphatic heterocycles. The maximum absolute atomic E-state index is 11.5. The van der Waals surface area contributed by atoms with Crippen LogP contribution < -0.4 is 0 Å². The standard InChI is InChI=1S/C12H13NO2/c1-9(13-8-4-7-12(13)15)10-5-2-3-6-11(10)14/h2-3,5-6,14H,1,4,7-8H2. The van der Waals surface area contributed by atoms with Gasteiger partial charge in [-0.05, 0) is 18.6 Å². The van der Waals surface area contributed by atoms with E-state index in [0.29, 0.717) is 24.2 Å². The van der Waals surface area contributed by atoms with Gasteiger partial charge < -0.3 is 10.0 Å². The van der Waals surface area contributed by atoms with Crippen molar-refractivity contribution >= 4 is 11.6 Å². The number of para-hydroxylation sites is 1. The molecule has 3 nitrogen and oxygen atoms in total. The Morgan fingerprint density at radius 2 is 2.13 bits per heavy atom. The van der Waals surface area contributed by atoms with Crippen molar-refractivity contribution in [2.45, 2.75) is 12.8 Å². The van der Waals surface area contributed by atoms with Crippen LogP contribution in [-0.4, -0.2) is 22.5 Å². The Balaban J connectivity index is 2.28. The Morgan fingerprint density at radius 1 is 1.40 bits per heavy atom. The summed E-state index contributed by atoms with van der Waals surface area (Å²) in [6.45, 7) is 4.56. The van der Waals surface area contributed by atoms with Crippen molar-refractivity contribution in [3.63, 3.8) is 0 Å². The Hall–Kier alpha value is -1.77. The molecule has 3 heteroatoms. The highest BCUT2D eigenvalue weighted by molar-refractivity contribution is 5.88. The molecule has 0 bridgehead atoms. The highest BCUT2D eigenvalue weighted by atomic mass is 16.3. The number of benzene rings is 1. The van der Waals surface area contributed by atoms with Crippen molar-refractivity contribution in [1.29, 1.82) is 0 Å². The molecule has 1 fully saturated rings. The molecule has 1 aliphatic rings. The topological polar surface area (TPSA) is 40.5 Å². The molecular formula is C12H13NO2. The molecule has 1 saturated heterocycles. The number of rotatable bonds is 2. The Kier molecular flexibility index (Phi) is 2.46. The van der Waals surface area contributed by atoms with Crippen molar-refractivity contribution in [3.8, 4) is 5.75 Å². The maximum atomic E-state index is 11.5. The summed E-state index contributed by atoms with van der Waals surface area (Å²) < 4.78 is 0. The van der Waals surface area contributed by atoms with Gasteiger partial charge in [-0.2, -0.15) is 0 Å². The number of amides is 1. The average molecular weight is 203 g/mol. The maximum Gasteiger partial charge on any atom is 0.227 e. The molecule has 0 spiro atoms. The van der Waals surface area contributed by atoms with Gasteiger partial charge in [0.05, 0.1) is 0 Å². The number of aromatic hydroxyl groups is 1. The summed E-state index contributed by atoms with van der Waals surface area (Å²) in [6.07, 6.45) is 1.44. The molecule has 0 saturated carbocycles. The number of likely N-dealkylation sites (tertiary alicyclic amines) is 1. The second kappa shape index (κ2) is 3.77. The molecule has 2 rings (SSSR count). The third-order valence-electron chi connectivity index (χ3n) is 2.61. The van der Waals surface area contributed by atoms with Gasteiger partial charge >= 0.3 is 0 Å². The highest BCUT2D eigenvalue weighted by Gasteiger charge is 2.24. The quantitative estimate of drug-likeness (QED) is 0.798. The zero-order chi connectivity index (χ0) is 10.8. The number of hydrogen-bond acceptors (Lipinski definition) is 2. The van der Waals surface area contributed by atoms with Crippen LogP contribution in [0.1, 0.15) is 18.4 Å². The average Bonchev–Trinajstić information content (AvgIpc) is 2.64. The monoisotopic (exact) mass is 203 g/mol. The first-order chi connectivity index (χ1) is 7.20. The van der Waals surface area contributed by atoms with E-state index >= 15 is 0 Å². The number of phenolic OH excluding ortho intramolecular Hbond substituents is 1. The third kappa shape index (κ3) is 1.73. The summed E-state index contributed by atoms with van der Waals surface area (Å²) in [5.41, 5.74) is 1.23. The summed E-state index contributed by atoms with van der Waals surface area (Å²) in [5.74, 6) is 0.255. The van der Waals surface area contributed by atoms with E-state index in [2.05, 4.69) is 6.58 Å². The summed E-state index contributed by atoms with van der Waals surface area (Å²) in [7, 11) is 0. The smallest absolute Gasteiger partial charge is 0.227 e. The molecule has 0 aliphatic carbocycles. The molecule has 0 aromatic heterocycles. The van der Waals surface area contributed by atoms with Gasteiger partial charge in [0.1, 0.15) is 5.75 Å². The summed E-state index contributed by atoms with van der Waals surface area (Å²) in [6, 6.07) is 6.93. The van der Waals surface area contributed by atoms with Crippen molar-refractivity contribution in [2.75, 3.05) is 6.54 Å². The van der Waals surface area contributed by atoms with E-state index in [-0.39, 0.29) is 11.7 Å². The summed E-state index contributed by atoms with van der Waals surface area (Å²) in [5, 5.41) is 9.63. The molecule has 15 heavy (non-hydrogen) atoms. The van der Waals surface area contributed by atoms with Crippen LogP contribution in [0.15, 0.2) is 30.8 Å². The molecule has 78 valence electrons. The minimum atomic E-state index is 0.0863. The third-order valence-corrected chi connectivity index (χ3v) is 2.61. The first-order valence-corrected chi connectivity index (χ1v) is 4.98. The Labute approximate surface area is 88.6 Å². The molecule has 1 N–H and O–H groups in total. The lowest BCUT2D eigenvalue weighted by atomic mass is 10.1. The van der Waals surface area contributed by atoms with Crippen LogP contribution >= 0.6 is 0 Å². The fourth-order valence-corrected chi connectivity index (χ4v) is 1.80. The van der Waals surface area contributed by atoms with E-state index in [0.717, 1.165) is 6.42 Å². The Morgan fingerprint density at radius 3 is 2.73 bits per heavy atom. The zero-order valence-corrected chi connectivity index (χ0v) is 8.44. The first kappa shape index (κ1) is 9.77. The molecule has 0 radical (unpaired) electrons. The van der Waals surface area contributed by atoms with Crippen LogP contribution in [0.4, 0.5) is 0 Å². The van der Waals surface area contributed by atoms with Crippen LogP contribution in [0.3, 0.4) is 0 Å². The van der Waals surface area contributed by atoms with Gasteiger partial charge in [-0.3, -0.25) is 4.79 Å². The molecule has 1 amide bonds. The predicted molar refractivity (Wildman–Crippen MR) is 58.1 cm³/mol. The minimum Gasteiger partial charge on any atom is -0.507 e. The lowest BCUT2D eigenvalue weighted by Gasteiger charge is -2.19. The van der Waals surface area contributed by atoms with E-state index < -0.39 is 0 Å². The van der Waals surface area contributed by atoms with Crippen LogP contribution in [0, 0.1) is 0 Å². The lowest BCUT2D eigenvalue weighted by molar-refractivity contribution is -0.124. The van der Waals surface area contributed by atoms with Crippen molar-refractivity contribution in [3.05, 3.63) is 36.4 Å². The fraction of sp³-hybridized carbons (Fsp3) is 0.250. The molecule has 1 aromatic rings. The number of nitrogens with zero attached hydrogens (tertiary/aromatic N) is 1. The van der Waals surface area contributed by atoms with Crippen LogP contribution in [0.2, 0.25) is 0 Å². The van der Waals surface area contributed by atoms with E-state index in [1.807, 2.05) is 6.07 Å². The van der Waals surface area contributed by atoms with Crippen LogP contribution in [0.25, 0.3) is 5.70 Å². The SMILES string of the molecule is C=C(c1ccccc1O)N1CCCC1=O. The van der Waals surface area contributed by atoms with Crippen molar-refractivity contribution in [2.24, 2.45) is 0 Å². The van der Waals surface area contributed by atoms with Gasteiger partial charge in [0.15, 0.2) is 0 Å². The largest absolute Gasteiger partial charge is 0.507 e. The highest BCUT2D eigenvalue weighted by Crippen LogP contribution is 2.28. The van der Waals surface area contributed by atoms with E-state index in [1.54, 1.807) is 23.1 Å². The fourth-order valence-electron chi connectivity index (χ4n) is 1.80. The van der Waals surface area contributed by atoms with Gasteiger partial charge in [-0.1, -0.05) is 18.7 Å². The van der Waals surface area contributed by atoms with Crippen LogP contribution in [-0.2, 0) is 4.79 Å². The van der Waals surface area contributed by atoms with Gasteiger partial charge in [-0.25, -0.2) is 0 Å². The molecule has 0 atom stereocenters. The van der Waals surface area contributed by atoms with Crippen LogP contribution in [0.5, 0.6) is 5.75 Å². The summed E-state index contributed by atoms with van der Waals surface area (Å²) in [4.78, 5) is 13.1. The van der Waals surface area contributed by atoms with Gasteiger partial charge in [0, 0.05) is 24.2 Å². The normalized spacial score (nSPS) is 15.7. The number of phenols is 1. The second-order valence-corrected chi connectivity index (χ2v) is 3.61. The second-order valence-electron chi connectivity index (χ2n) is 3.61. The lowest BCUT2D eigenvalue weighted by Crippen LogP contribution is -2.22. The first-order valence-electron chi connectivity index (χ1n) is 4.98. The van der Waals surface area contributed by atoms with Crippen molar-refractivity contribution in [1.82, 2.24) is 4.90 Å². The Bertz CT molecular complexity index is 412. The van der Waals surface area contributed by atoms with Gasteiger partial charge in [0.25, 0.3) is 0 Å². The van der Waals surface area contributed by atoms with E-state index in [9.17, 15) is 9.90 Å². The molecule has 1 heterocycles. The van der Waals surface area contributed by atoms with E-state index in [4.69, 9.17) is 0 Å². The number of carbonyl (C=O) groups is 1. The van der Waals surface area contributed by atoms with E-state index in [1.165, 1.54) is 0 Å². The number of hydrogen-bond donors (Lipinski definition) is 1. The molecular weight excluding hydrogens is 190 g/mol. The predicted octanol–water partition coefficient (Wildman–Crippen LogP) is 1.99. The van der Waals surface area contributed by atoms with Gasteiger partial charge in [0.2, 0.25) is 5.91 Å². The molecule has 1 aromatic carbocycles. The number of carbonyl (C=O) groups excluding carboxylic acids is 1. The molecule has 0 unspecified atom stereocenters. The summed E-state index contributed by atoms with van der Waals surface area (Å²) >= 11 is 0. The van der Waals surface area contributed by atoms with Gasteiger partial charge in [-0.15, -0.1) is 0 Å². The van der Waals surface area contributed by atoms with Crippen molar-refractivity contribution < 1.29 is 9.90 Å². The minimum absolute atomic E-state index is 0.0863.